The van der Waals surface area contributed by atoms with Crippen molar-refractivity contribution in [1.82, 2.24) is 4.90 Å². The van der Waals surface area contributed by atoms with Crippen LogP contribution < -0.4 is 4.70 Å². The third kappa shape index (κ3) is 10.7. The van der Waals surface area contributed by atoms with Crippen LogP contribution in [0, 0.1) is 17.9 Å². The fourth-order valence-electron chi connectivity index (χ4n) is 2.13. The van der Waals surface area contributed by atoms with Crippen LogP contribution in [0.2, 0.25) is 0 Å². The molecule has 0 aromatic rings. The van der Waals surface area contributed by atoms with Crippen molar-refractivity contribution in [3.8, 4) is 6.07 Å². The summed E-state index contributed by atoms with van der Waals surface area (Å²) in [4.78, 5) is 10.4. The van der Waals surface area contributed by atoms with Crippen LogP contribution in [0.25, 0.3) is 4.85 Å². The first-order valence-electron chi connectivity index (χ1n) is 7.17. The van der Waals surface area contributed by atoms with Crippen LogP contribution in [-0.2, 0) is 9.57 Å². The molecule has 0 aromatic heterocycles. The van der Waals surface area contributed by atoms with Gasteiger partial charge in [-0.2, -0.15) is 4.84 Å². The number of ether oxygens (including phenoxy) is 1. The average Bonchev–Trinajstić information content (AvgIpc) is 3.04. The van der Waals surface area contributed by atoms with E-state index < -0.39 is 8.16 Å². The molecule has 0 saturated carbocycles. The first kappa shape index (κ1) is 23.9. The second kappa shape index (κ2) is 10.1. The van der Waals surface area contributed by atoms with Gasteiger partial charge in [-0.05, 0) is 12.8 Å². The minimum absolute atomic E-state index is 0. The first-order chi connectivity index (χ1) is 11.6. The minimum Gasteiger partial charge on any atom is -1.00 e. The van der Waals surface area contributed by atoms with Gasteiger partial charge in [-0.25, -0.2) is 14.7 Å². The molecule has 2 saturated heterocycles. The molecule has 0 unspecified atom stereocenters. The van der Waals surface area contributed by atoms with Crippen molar-refractivity contribution in [2.75, 3.05) is 39.4 Å². The van der Waals surface area contributed by atoms with Gasteiger partial charge in [-0.1, -0.05) is 6.57 Å². The summed E-state index contributed by atoms with van der Waals surface area (Å²) in [7, 11) is -8.55. The Labute approximate surface area is 146 Å². The van der Waals surface area contributed by atoms with E-state index >= 15 is 0 Å². The van der Waals surface area contributed by atoms with Crippen LogP contribution >= 0.6 is 8.16 Å². The van der Waals surface area contributed by atoms with Crippen molar-refractivity contribution in [1.29, 1.82) is 5.26 Å². The maximum absolute atomic E-state index is 9.84. The van der Waals surface area contributed by atoms with E-state index in [2.05, 4.69) is 19.5 Å². The molecule has 0 atom stereocenters. The molecule has 0 amide bonds. The number of amidine groups is 2. The van der Waals surface area contributed by atoms with Crippen LogP contribution in [0.5, 0.6) is 0 Å². The van der Waals surface area contributed by atoms with Crippen molar-refractivity contribution >= 4 is 20.0 Å². The summed E-state index contributed by atoms with van der Waals surface area (Å²) in [6.45, 7) is 11.4. The van der Waals surface area contributed by atoms with Gasteiger partial charge in [0, 0.05) is 0 Å². The zero-order chi connectivity index (χ0) is 18.9. The minimum atomic E-state index is -8.55. The number of hydrogen-bond acceptors (Lipinski definition) is 4. The predicted molar refractivity (Wildman–Crippen MR) is 79.8 cm³/mol. The third-order valence-electron chi connectivity index (χ3n) is 3.08. The Morgan fingerprint density at radius 1 is 1.19 bits per heavy atom. The zero-order valence-electron chi connectivity index (χ0n) is 13.4. The van der Waals surface area contributed by atoms with Gasteiger partial charge in [0.25, 0.3) is 0 Å². The van der Waals surface area contributed by atoms with E-state index in [1.807, 2.05) is 0 Å². The number of halogens is 6. The van der Waals surface area contributed by atoms with Gasteiger partial charge in [0.15, 0.2) is 0 Å². The molecule has 14 heteroatoms. The van der Waals surface area contributed by atoms with E-state index in [-0.39, 0.29) is 10.5 Å². The molecule has 2 rings (SSSR count). The Balaban J connectivity index is 0.000000777. The average molecular weight is 407 g/mol. The molecule has 2 fully saturated rings. The van der Waals surface area contributed by atoms with Gasteiger partial charge < -0.3 is 14.3 Å². The zero-order valence-corrected chi connectivity index (χ0v) is 14.3. The van der Waals surface area contributed by atoms with E-state index in [4.69, 9.17) is 21.4 Å². The normalized spacial score (nSPS) is 18.9. The first-order valence-corrected chi connectivity index (χ1v) is 8.86. The number of nitrogens with zero attached hydrogens (tertiary/aromatic N) is 5. The maximum atomic E-state index is 9.84. The van der Waals surface area contributed by atoms with Gasteiger partial charge in [-0.3, -0.25) is 0 Å². The number of hydrogen-bond donors (Lipinski definition) is 0. The summed E-state index contributed by atoms with van der Waals surface area (Å²) in [6, 6.07) is 2.33. The van der Waals surface area contributed by atoms with Crippen LogP contribution in [0.1, 0.15) is 12.8 Å². The molecule has 0 spiro atoms. The number of morpholine rings is 1. The Bertz CT molecular complexity index is 575. The van der Waals surface area contributed by atoms with E-state index in [1.54, 1.807) is 6.07 Å². The topological polar surface area (TPSA) is 65.2 Å². The van der Waals surface area contributed by atoms with E-state index in [1.165, 1.54) is 0 Å². The van der Waals surface area contributed by atoms with E-state index in [9.17, 15) is 21.0 Å². The van der Waals surface area contributed by atoms with Crippen LogP contribution in [-0.4, -0.2) is 60.7 Å². The number of oxime groups is 1. The SMILES string of the molecule is FP(F)(F)(F)F.[C-]#[N+]/C(C#N)=N/OC(N1CCOCC1)=[N+]1CCCC1.[F-]. The molecule has 26 heavy (non-hydrogen) atoms. The Hall–Kier alpha value is -2.11. The van der Waals surface area contributed by atoms with Crippen molar-refractivity contribution in [2.45, 2.75) is 12.8 Å². The molecule has 0 aliphatic carbocycles. The Morgan fingerprint density at radius 2 is 1.69 bits per heavy atom. The molecule has 0 radical (unpaired) electrons. The molecule has 0 aromatic carbocycles. The maximum Gasteiger partial charge on any atom is 0.492 e. The van der Waals surface area contributed by atoms with Gasteiger partial charge in [0.05, 0.1) is 31.5 Å². The standard InChI is InChI=1S/C12H16N5O2.F5P.FH/c1-14-11(10-13)15-19-12(16-4-2-3-5-16)17-6-8-18-9-7-17;1-6(2,3,4)5;/h2-9H2;;1H/q+1;;/p-1/b15-11+;;. The second-order valence-electron chi connectivity index (χ2n) is 4.94. The molecular formula is C12H16F6N5O2P. The molecule has 2 heterocycles. The van der Waals surface area contributed by atoms with E-state index in [0.717, 1.165) is 39.0 Å². The molecule has 0 N–H and O–H groups in total. The van der Waals surface area contributed by atoms with Gasteiger partial charge >= 0.3 is 41.0 Å². The second-order valence-corrected chi connectivity index (χ2v) is 6.22. The third-order valence-corrected chi connectivity index (χ3v) is 3.08. The Morgan fingerprint density at radius 3 is 2.12 bits per heavy atom. The van der Waals surface area contributed by atoms with Crippen molar-refractivity contribution in [3.05, 3.63) is 11.4 Å². The summed E-state index contributed by atoms with van der Waals surface area (Å²) in [5.74, 6) is -0.287. The number of nitriles is 1. The van der Waals surface area contributed by atoms with Gasteiger partial charge in [-0.15, -0.1) is 0 Å². The largest absolute Gasteiger partial charge is 1.00 e. The monoisotopic (exact) mass is 407 g/mol. The van der Waals surface area contributed by atoms with Crippen molar-refractivity contribution in [2.24, 2.45) is 5.16 Å². The summed E-state index contributed by atoms with van der Waals surface area (Å²) >= 11 is 0. The summed E-state index contributed by atoms with van der Waals surface area (Å²) in [6.07, 6.45) is 2.24. The van der Waals surface area contributed by atoms with E-state index in [0.29, 0.717) is 19.2 Å². The van der Waals surface area contributed by atoms with Gasteiger partial charge in [0.1, 0.15) is 19.2 Å². The fraction of sp³-hybridized carbons (Fsp3) is 0.667. The summed E-state index contributed by atoms with van der Waals surface area (Å²) in [5, 5.41) is 12.3. The smallest absolute Gasteiger partial charge is 0.492 e. The van der Waals surface area contributed by atoms with Crippen LogP contribution in [0.3, 0.4) is 0 Å². The van der Waals surface area contributed by atoms with Crippen molar-refractivity contribution in [3.63, 3.8) is 0 Å². The summed E-state index contributed by atoms with van der Waals surface area (Å²) < 4.78 is 56.6. The molecular weight excluding hydrogens is 391 g/mol. The fourth-order valence-corrected chi connectivity index (χ4v) is 2.13. The van der Waals surface area contributed by atoms with Gasteiger partial charge in [0.2, 0.25) is 0 Å². The molecule has 0 bridgehead atoms. The molecule has 2 aliphatic heterocycles. The summed E-state index contributed by atoms with van der Waals surface area (Å²) in [5.41, 5.74) is 0. The molecule has 148 valence electrons. The predicted octanol–water partition coefficient (Wildman–Crippen LogP) is 0.220. The van der Waals surface area contributed by atoms with Crippen LogP contribution in [0.15, 0.2) is 5.16 Å². The van der Waals surface area contributed by atoms with Crippen molar-refractivity contribution < 1.29 is 39.8 Å². The van der Waals surface area contributed by atoms with Crippen LogP contribution in [0.4, 0.5) is 21.0 Å². The molecule has 2 aliphatic rings. The number of rotatable bonds is 1. The quantitative estimate of drug-likeness (QED) is 0.119. The Kier molecular flexibility index (Phi) is 9.32. The molecule has 7 nitrogen and oxygen atoms in total.